The number of amides is 1. The van der Waals surface area contributed by atoms with Crippen molar-refractivity contribution in [1.29, 1.82) is 0 Å². The van der Waals surface area contributed by atoms with Gasteiger partial charge in [0.2, 0.25) is 0 Å². The second kappa shape index (κ2) is 9.54. The number of nitrogens with one attached hydrogen (secondary N) is 1. The van der Waals surface area contributed by atoms with Gasteiger partial charge in [0.25, 0.3) is 5.91 Å². The van der Waals surface area contributed by atoms with Crippen LogP contribution >= 0.6 is 11.3 Å². The SMILES string of the molecule is CCOC(=O)c1c(-c2ccc(F)cc2)csc1NC(=O)c1ccc(OC(C)C)cc1. The van der Waals surface area contributed by atoms with Gasteiger partial charge in [0.15, 0.2) is 0 Å². The van der Waals surface area contributed by atoms with Crippen LogP contribution in [-0.4, -0.2) is 24.6 Å². The topological polar surface area (TPSA) is 64.6 Å². The molecule has 0 aliphatic rings. The van der Waals surface area contributed by atoms with Gasteiger partial charge in [0.05, 0.1) is 12.7 Å². The molecule has 1 amide bonds. The lowest BCUT2D eigenvalue weighted by Gasteiger charge is -2.11. The molecule has 3 rings (SSSR count). The van der Waals surface area contributed by atoms with E-state index in [2.05, 4.69) is 5.32 Å². The van der Waals surface area contributed by atoms with Crippen LogP contribution < -0.4 is 10.1 Å². The van der Waals surface area contributed by atoms with E-state index >= 15 is 0 Å². The van der Waals surface area contributed by atoms with E-state index in [9.17, 15) is 14.0 Å². The molecule has 0 atom stereocenters. The van der Waals surface area contributed by atoms with Gasteiger partial charge in [-0.25, -0.2) is 9.18 Å². The minimum absolute atomic E-state index is 0.0350. The molecule has 0 radical (unpaired) electrons. The van der Waals surface area contributed by atoms with Gasteiger partial charge in [0.1, 0.15) is 22.1 Å². The van der Waals surface area contributed by atoms with Gasteiger partial charge in [-0.3, -0.25) is 4.79 Å². The molecule has 0 spiro atoms. The van der Waals surface area contributed by atoms with Crippen molar-refractivity contribution in [3.63, 3.8) is 0 Å². The molecule has 0 aliphatic carbocycles. The van der Waals surface area contributed by atoms with Crippen LogP contribution in [0.2, 0.25) is 0 Å². The number of hydrogen-bond acceptors (Lipinski definition) is 5. The van der Waals surface area contributed by atoms with Crippen molar-refractivity contribution in [2.24, 2.45) is 0 Å². The Labute approximate surface area is 178 Å². The second-order valence-electron chi connectivity index (χ2n) is 6.73. The molecule has 0 aliphatic heterocycles. The highest BCUT2D eigenvalue weighted by Crippen LogP contribution is 2.36. The third-order valence-electron chi connectivity index (χ3n) is 4.14. The van der Waals surface area contributed by atoms with E-state index < -0.39 is 5.97 Å². The maximum absolute atomic E-state index is 13.3. The lowest BCUT2D eigenvalue weighted by Crippen LogP contribution is -2.15. The van der Waals surface area contributed by atoms with E-state index in [1.54, 1.807) is 48.7 Å². The predicted octanol–water partition coefficient (Wildman–Crippen LogP) is 5.77. The Morgan fingerprint density at radius 1 is 1.07 bits per heavy atom. The van der Waals surface area contributed by atoms with Crippen LogP contribution in [0.4, 0.5) is 9.39 Å². The molecule has 1 aromatic heterocycles. The van der Waals surface area contributed by atoms with E-state index in [-0.39, 0.29) is 30.0 Å². The van der Waals surface area contributed by atoms with Gasteiger partial charge in [-0.2, -0.15) is 0 Å². The van der Waals surface area contributed by atoms with Crippen LogP contribution in [0.1, 0.15) is 41.5 Å². The number of anilines is 1. The van der Waals surface area contributed by atoms with E-state index in [1.807, 2.05) is 13.8 Å². The molecular formula is C23H22FNO4S. The summed E-state index contributed by atoms with van der Waals surface area (Å²) >= 11 is 1.21. The molecule has 0 unspecified atom stereocenters. The Balaban J connectivity index is 1.88. The Morgan fingerprint density at radius 2 is 1.73 bits per heavy atom. The average Bonchev–Trinajstić information content (AvgIpc) is 3.12. The third kappa shape index (κ3) is 5.04. The first-order chi connectivity index (χ1) is 14.4. The molecule has 0 saturated carbocycles. The summed E-state index contributed by atoms with van der Waals surface area (Å²) in [5, 5.41) is 4.91. The highest BCUT2D eigenvalue weighted by molar-refractivity contribution is 7.15. The predicted molar refractivity (Wildman–Crippen MR) is 116 cm³/mol. The Kier molecular flexibility index (Phi) is 6.84. The van der Waals surface area contributed by atoms with Crippen molar-refractivity contribution >= 4 is 28.2 Å². The molecule has 3 aromatic rings. The minimum Gasteiger partial charge on any atom is -0.491 e. The fraction of sp³-hybridized carbons (Fsp3) is 0.217. The number of carbonyl (C=O) groups excluding carboxylic acids is 2. The van der Waals surface area contributed by atoms with Crippen molar-refractivity contribution in [2.75, 3.05) is 11.9 Å². The largest absolute Gasteiger partial charge is 0.491 e. The quantitative estimate of drug-likeness (QED) is 0.486. The van der Waals surface area contributed by atoms with E-state index in [0.717, 1.165) is 0 Å². The molecule has 156 valence electrons. The smallest absolute Gasteiger partial charge is 0.341 e. The van der Waals surface area contributed by atoms with E-state index in [4.69, 9.17) is 9.47 Å². The number of carbonyl (C=O) groups is 2. The first-order valence-electron chi connectivity index (χ1n) is 9.51. The fourth-order valence-corrected chi connectivity index (χ4v) is 3.78. The number of rotatable bonds is 7. The Hall–Kier alpha value is -3.19. The molecule has 0 saturated heterocycles. The van der Waals surface area contributed by atoms with Gasteiger partial charge >= 0.3 is 5.97 Å². The summed E-state index contributed by atoms with van der Waals surface area (Å²) < 4.78 is 24.1. The lowest BCUT2D eigenvalue weighted by atomic mass is 10.0. The molecular weight excluding hydrogens is 405 g/mol. The monoisotopic (exact) mass is 427 g/mol. The number of esters is 1. The summed E-state index contributed by atoms with van der Waals surface area (Å²) in [7, 11) is 0. The van der Waals surface area contributed by atoms with Crippen LogP contribution in [-0.2, 0) is 4.74 Å². The first kappa shape index (κ1) is 21.5. The van der Waals surface area contributed by atoms with Gasteiger partial charge in [-0.15, -0.1) is 11.3 Å². The van der Waals surface area contributed by atoms with Crippen LogP contribution in [0.5, 0.6) is 5.75 Å². The van der Waals surface area contributed by atoms with Crippen LogP contribution in [0.25, 0.3) is 11.1 Å². The average molecular weight is 427 g/mol. The number of hydrogen-bond donors (Lipinski definition) is 1. The Bertz CT molecular complexity index is 1030. The zero-order valence-electron chi connectivity index (χ0n) is 16.9. The molecule has 0 bridgehead atoms. The van der Waals surface area contributed by atoms with Crippen molar-refractivity contribution in [3.05, 3.63) is 70.9 Å². The summed E-state index contributed by atoms with van der Waals surface area (Å²) in [6.07, 6.45) is 0.0350. The second-order valence-corrected chi connectivity index (χ2v) is 7.61. The minimum atomic E-state index is -0.547. The zero-order chi connectivity index (χ0) is 21.7. The number of thiophene rings is 1. The normalized spacial score (nSPS) is 10.7. The van der Waals surface area contributed by atoms with Crippen molar-refractivity contribution in [3.8, 4) is 16.9 Å². The maximum atomic E-state index is 13.3. The van der Waals surface area contributed by atoms with Gasteiger partial charge in [-0.05, 0) is 62.7 Å². The van der Waals surface area contributed by atoms with Crippen LogP contribution in [0.3, 0.4) is 0 Å². The number of ether oxygens (including phenoxy) is 2. The molecule has 30 heavy (non-hydrogen) atoms. The number of halogens is 1. The summed E-state index contributed by atoms with van der Waals surface area (Å²) in [6, 6.07) is 12.6. The molecule has 0 fully saturated rings. The third-order valence-corrected chi connectivity index (χ3v) is 5.04. The van der Waals surface area contributed by atoms with Gasteiger partial charge in [-0.1, -0.05) is 12.1 Å². The standard InChI is InChI=1S/C23H22FNO4S/c1-4-28-23(27)20-19(15-5-9-17(24)10-6-15)13-30-22(20)25-21(26)16-7-11-18(12-8-16)29-14(2)3/h5-14H,4H2,1-3H3,(H,25,26). The maximum Gasteiger partial charge on any atom is 0.341 e. The van der Waals surface area contributed by atoms with Crippen LogP contribution in [0.15, 0.2) is 53.9 Å². The van der Waals surface area contributed by atoms with E-state index in [0.29, 0.717) is 27.4 Å². The molecule has 1 N–H and O–H groups in total. The van der Waals surface area contributed by atoms with Crippen molar-refractivity contribution < 1.29 is 23.5 Å². The summed E-state index contributed by atoms with van der Waals surface area (Å²) in [4.78, 5) is 25.3. The zero-order valence-corrected chi connectivity index (χ0v) is 17.7. The van der Waals surface area contributed by atoms with E-state index in [1.165, 1.54) is 23.5 Å². The summed E-state index contributed by atoms with van der Waals surface area (Å²) in [5.41, 5.74) is 1.92. The highest BCUT2D eigenvalue weighted by atomic mass is 32.1. The van der Waals surface area contributed by atoms with Crippen molar-refractivity contribution in [2.45, 2.75) is 26.9 Å². The van der Waals surface area contributed by atoms with Crippen LogP contribution in [0, 0.1) is 5.82 Å². The Morgan fingerprint density at radius 3 is 2.33 bits per heavy atom. The molecule has 5 nitrogen and oxygen atoms in total. The number of benzene rings is 2. The van der Waals surface area contributed by atoms with Gasteiger partial charge < -0.3 is 14.8 Å². The molecule has 1 heterocycles. The van der Waals surface area contributed by atoms with Gasteiger partial charge in [0, 0.05) is 16.5 Å². The highest BCUT2D eigenvalue weighted by Gasteiger charge is 2.23. The lowest BCUT2D eigenvalue weighted by molar-refractivity contribution is 0.0529. The first-order valence-corrected chi connectivity index (χ1v) is 10.4. The fourth-order valence-electron chi connectivity index (χ4n) is 2.83. The van der Waals surface area contributed by atoms with Crippen molar-refractivity contribution in [1.82, 2.24) is 0 Å². The molecule has 2 aromatic carbocycles. The molecule has 7 heteroatoms. The summed E-state index contributed by atoms with van der Waals surface area (Å²) in [5.74, 6) is -0.605. The summed E-state index contributed by atoms with van der Waals surface area (Å²) in [6.45, 7) is 5.75.